The lowest BCUT2D eigenvalue weighted by Gasteiger charge is -2.47. The number of hydrogen-bond donors (Lipinski definition) is 0. The smallest absolute Gasteiger partial charge is 0.427 e. The molecule has 0 aromatic heterocycles. The summed E-state index contributed by atoms with van der Waals surface area (Å²) in [5.74, 6) is 0.910. The van der Waals surface area contributed by atoms with Gasteiger partial charge in [-0.1, -0.05) is 173 Å². The van der Waals surface area contributed by atoms with Gasteiger partial charge in [-0.2, -0.15) is 0 Å². The Morgan fingerprint density at radius 1 is 0.431 bits per heavy atom. The van der Waals surface area contributed by atoms with E-state index in [0.29, 0.717) is 0 Å². The Bertz CT molecular complexity index is 3110. The molecule has 9 aromatic rings. The molecular weight excluding hydrogens is 826 g/mol. The molecule has 0 aliphatic carbocycles. The number of hydrogen-bond acceptors (Lipinski definition) is 4. The summed E-state index contributed by atoms with van der Waals surface area (Å²) in [5.41, 5.74) is 18.7. The molecule has 0 amide bonds. The van der Waals surface area contributed by atoms with Crippen molar-refractivity contribution in [1.29, 1.82) is 0 Å². The van der Waals surface area contributed by atoms with Gasteiger partial charge in [0.15, 0.2) is 0 Å². The lowest BCUT2D eigenvalue weighted by atomic mass is 9.50. The fourth-order valence-electron chi connectivity index (χ4n) is 10.4. The highest BCUT2D eigenvalue weighted by Gasteiger charge is 2.47. The van der Waals surface area contributed by atoms with Gasteiger partial charge in [-0.15, -0.1) is 0 Å². The third-order valence-electron chi connectivity index (χ3n) is 13.1. The van der Waals surface area contributed by atoms with E-state index in [1.807, 2.05) is 23.5 Å². The van der Waals surface area contributed by atoms with Crippen LogP contribution in [-0.2, 0) is 5.41 Å². The Morgan fingerprint density at radius 3 is 1.52 bits per heavy atom. The SMILES string of the molecule is Cc1cc(C)c(B2Oc3ccccc3-c3cc(N4c5ccc(C)cc5C(c5cccc(Sc6ccccc6)c5)(c5cccc(Sc6ccccc6)c5)c5cc(C)ccc54)ccc32)c(C)c1. The first-order valence-corrected chi connectivity index (χ1v) is 24.0. The molecule has 0 saturated heterocycles. The largest absolute Gasteiger partial charge is 0.551 e. The van der Waals surface area contributed by atoms with E-state index < -0.39 is 5.41 Å². The molecule has 65 heavy (non-hydrogen) atoms. The Hall–Kier alpha value is -6.66. The zero-order valence-corrected chi connectivity index (χ0v) is 38.9. The Morgan fingerprint density at radius 2 is 0.954 bits per heavy atom. The molecular formula is C60H48BNOS2. The fourth-order valence-corrected chi connectivity index (χ4v) is 12.2. The summed E-state index contributed by atoms with van der Waals surface area (Å²) in [6.45, 7) is 10.9. The first-order valence-electron chi connectivity index (χ1n) is 22.4. The van der Waals surface area contributed by atoms with E-state index in [0.717, 1.165) is 28.4 Å². The molecule has 2 aliphatic heterocycles. The highest BCUT2D eigenvalue weighted by Crippen LogP contribution is 2.59. The maximum absolute atomic E-state index is 6.97. The maximum Gasteiger partial charge on any atom is 0.427 e. The van der Waals surface area contributed by atoms with E-state index in [4.69, 9.17) is 4.65 Å². The van der Waals surface area contributed by atoms with Crippen LogP contribution in [0.5, 0.6) is 5.75 Å². The lowest BCUT2D eigenvalue weighted by molar-refractivity contribution is 0.590. The van der Waals surface area contributed by atoms with E-state index in [9.17, 15) is 0 Å². The number of benzene rings is 9. The first kappa shape index (κ1) is 41.1. The zero-order chi connectivity index (χ0) is 44.2. The Labute approximate surface area is 392 Å². The van der Waals surface area contributed by atoms with Crippen LogP contribution in [0.15, 0.2) is 220 Å². The van der Waals surface area contributed by atoms with Gasteiger partial charge < -0.3 is 9.55 Å². The monoisotopic (exact) mass is 873 g/mol. The van der Waals surface area contributed by atoms with Gasteiger partial charge in [0, 0.05) is 30.8 Å². The van der Waals surface area contributed by atoms with E-state index in [-0.39, 0.29) is 6.92 Å². The molecule has 0 atom stereocenters. The van der Waals surface area contributed by atoms with E-state index >= 15 is 0 Å². The van der Waals surface area contributed by atoms with E-state index in [1.165, 1.54) is 86.1 Å². The molecule has 2 aliphatic rings. The van der Waals surface area contributed by atoms with Gasteiger partial charge in [0.25, 0.3) is 0 Å². The Kier molecular flexibility index (Phi) is 10.6. The summed E-state index contributed by atoms with van der Waals surface area (Å²) in [6, 6.07) is 74.3. The molecule has 0 bridgehead atoms. The number of para-hydroxylation sites is 1. The molecule has 2 heterocycles. The van der Waals surface area contributed by atoms with Crippen LogP contribution < -0.4 is 20.5 Å². The van der Waals surface area contributed by atoms with E-state index in [1.54, 1.807) is 0 Å². The molecule has 0 unspecified atom stereocenters. The van der Waals surface area contributed by atoms with E-state index in [2.05, 4.69) is 240 Å². The first-order chi connectivity index (χ1) is 31.7. The minimum atomic E-state index is -0.667. The fraction of sp³-hybridized carbons (Fsp3) is 0.100. The zero-order valence-electron chi connectivity index (χ0n) is 37.3. The summed E-state index contributed by atoms with van der Waals surface area (Å²) >= 11 is 3.63. The van der Waals surface area contributed by atoms with Crippen LogP contribution in [0, 0.1) is 34.6 Å². The molecule has 5 heteroatoms. The lowest BCUT2D eigenvalue weighted by Crippen LogP contribution is -2.52. The summed E-state index contributed by atoms with van der Waals surface area (Å²) < 4.78 is 6.97. The van der Waals surface area contributed by atoms with Gasteiger partial charge in [-0.3, -0.25) is 0 Å². The second kappa shape index (κ2) is 16.7. The molecule has 0 N–H and O–H groups in total. The summed E-state index contributed by atoms with van der Waals surface area (Å²) in [7, 11) is 0. The minimum absolute atomic E-state index is 0.226. The van der Waals surface area contributed by atoms with Crippen molar-refractivity contribution in [2.75, 3.05) is 4.90 Å². The number of aryl methyl sites for hydroxylation is 5. The predicted molar refractivity (Wildman–Crippen MR) is 275 cm³/mol. The van der Waals surface area contributed by atoms with Crippen molar-refractivity contribution in [3.05, 3.63) is 250 Å². The highest BCUT2D eigenvalue weighted by molar-refractivity contribution is 7.99. The second-order valence-electron chi connectivity index (χ2n) is 17.6. The van der Waals surface area contributed by atoms with Crippen molar-refractivity contribution < 1.29 is 4.65 Å². The van der Waals surface area contributed by atoms with Gasteiger partial charge in [0.2, 0.25) is 0 Å². The van der Waals surface area contributed by atoms with Crippen molar-refractivity contribution in [3.63, 3.8) is 0 Å². The van der Waals surface area contributed by atoms with Crippen molar-refractivity contribution >= 4 is 58.4 Å². The van der Waals surface area contributed by atoms with Gasteiger partial charge in [0.05, 0.1) is 16.8 Å². The number of nitrogens with zero attached hydrogens (tertiary/aromatic N) is 1. The van der Waals surface area contributed by atoms with Crippen molar-refractivity contribution in [2.45, 2.75) is 59.6 Å². The predicted octanol–water partition coefficient (Wildman–Crippen LogP) is 14.9. The Balaban J connectivity index is 1.16. The van der Waals surface area contributed by atoms with Gasteiger partial charge >= 0.3 is 6.92 Å². The quantitative estimate of drug-likeness (QED) is 0.141. The van der Waals surface area contributed by atoms with Gasteiger partial charge in [-0.05, 0) is 152 Å². The van der Waals surface area contributed by atoms with Crippen molar-refractivity contribution in [2.24, 2.45) is 0 Å². The summed E-state index contributed by atoms with van der Waals surface area (Å²) in [5, 5.41) is 0. The van der Waals surface area contributed by atoms with Crippen LogP contribution in [0.25, 0.3) is 11.1 Å². The van der Waals surface area contributed by atoms with Crippen LogP contribution in [0.3, 0.4) is 0 Å². The average Bonchev–Trinajstić information content (AvgIpc) is 3.31. The number of rotatable bonds is 8. The average molecular weight is 874 g/mol. The van der Waals surface area contributed by atoms with Crippen molar-refractivity contribution in [3.8, 4) is 16.9 Å². The number of fused-ring (bicyclic) bond motifs is 5. The molecule has 0 spiro atoms. The molecule has 0 radical (unpaired) electrons. The molecule has 0 fully saturated rings. The molecule has 2 nitrogen and oxygen atoms in total. The van der Waals surface area contributed by atoms with Crippen LogP contribution in [0.4, 0.5) is 17.1 Å². The van der Waals surface area contributed by atoms with Crippen LogP contribution in [-0.4, -0.2) is 6.92 Å². The maximum atomic E-state index is 6.97. The minimum Gasteiger partial charge on any atom is -0.551 e. The normalized spacial score (nSPS) is 13.3. The molecule has 314 valence electrons. The van der Waals surface area contributed by atoms with Gasteiger partial charge in [-0.25, -0.2) is 0 Å². The third-order valence-corrected chi connectivity index (χ3v) is 15.1. The summed E-state index contributed by atoms with van der Waals surface area (Å²) in [6.07, 6.45) is 0. The number of anilines is 3. The standard InChI is InChI=1S/C60H48BNOS2/c1-39-26-30-56-53(34-39)60(44-16-14-22-49(36-44)64-47-18-8-6-9-19-47,45-17-15-23-50(37-45)65-48-20-10-7-11-21-48)54-35-40(2)27-31-57(54)62(56)46-28-29-55-52(38-46)51-24-12-13-25-58(51)63-61(55)59-42(4)32-41(3)33-43(59)5/h6-38H,1-5H3. The van der Waals surface area contributed by atoms with Crippen LogP contribution in [0.1, 0.15) is 50.1 Å². The van der Waals surface area contributed by atoms with Crippen LogP contribution >= 0.6 is 23.5 Å². The van der Waals surface area contributed by atoms with Crippen LogP contribution in [0.2, 0.25) is 0 Å². The second-order valence-corrected chi connectivity index (χ2v) is 19.9. The topological polar surface area (TPSA) is 12.5 Å². The molecule has 9 aromatic carbocycles. The molecule has 0 saturated carbocycles. The third kappa shape index (κ3) is 7.28. The molecule has 11 rings (SSSR count). The van der Waals surface area contributed by atoms with Crippen molar-refractivity contribution in [1.82, 2.24) is 0 Å². The van der Waals surface area contributed by atoms with Gasteiger partial charge in [0.1, 0.15) is 5.75 Å². The summed E-state index contributed by atoms with van der Waals surface area (Å²) in [4.78, 5) is 7.37. The highest BCUT2D eigenvalue weighted by atomic mass is 32.2.